The van der Waals surface area contributed by atoms with Crippen molar-refractivity contribution < 1.29 is 9.18 Å². The molecular weight excluding hydrogens is 363 g/mol. The van der Waals surface area contributed by atoms with Gasteiger partial charge in [0.25, 0.3) is 0 Å². The van der Waals surface area contributed by atoms with Crippen LogP contribution in [0, 0.1) is 17.7 Å². The van der Waals surface area contributed by atoms with E-state index in [2.05, 4.69) is 40.3 Å². The van der Waals surface area contributed by atoms with Crippen molar-refractivity contribution in [2.75, 3.05) is 18.0 Å². The molecule has 0 spiro atoms. The van der Waals surface area contributed by atoms with E-state index in [0.29, 0.717) is 18.9 Å². The number of nitrogens with zero attached hydrogens (tertiary/aromatic N) is 3. The lowest BCUT2D eigenvalue weighted by Gasteiger charge is -2.32. The molecule has 1 amide bonds. The number of amides is 1. The van der Waals surface area contributed by atoms with Gasteiger partial charge in [0.2, 0.25) is 11.0 Å². The number of hydrogen-bond acceptors (Lipinski definition) is 5. The third-order valence-electron chi connectivity index (χ3n) is 5.17. The number of carbonyl (C=O) groups is 1. The van der Waals surface area contributed by atoms with Gasteiger partial charge in [0.15, 0.2) is 0 Å². The fourth-order valence-corrected chi connectivity index (χ4v) is 3.82. The summed E-state index contributed by atoms with van der Waals surface area (Å²) in [5.74, 6) is 1.05. The predicted molar refractivity (Wildman–Crippen MR) is 106 cm³/mol. The second-order valence-corrected chi connectivity index (χ2v) is 8.35. The highest BCUT2D eigenvalue weighted by molar-refractivity contribution is 7.09. The van der Waals surface area contributed by atoms with E-state index in [1.54, 1.807) is 12.1 Å². The number of hydrogen-bond donors (Lipinski definition) is 1. The minimum atomic E-state index is -0.241. The van der Waals surface area contributed by atoms with Crippen molar-refractivity contribution in [3.8, 4) is 0 Å². The van der Waals surface area contributed by atoms with Gasteiger partial charge in [-0.1, -0.05) is 26.0 Å². The topological polar surface area (TPSA) is 58.1 Å². The van der Waals surface area contributed by atoms with Crippen LogP contribution in [0.1, 0.15) is 45.0 Å². The second-order valence-electron chi connectivity index (χ2n) is 7.62. The number of carbonyl (C=O) groups excluding carboxylic acids is 1. The van der Waals surface area contributed by atoms with E-state index in [1.165, 1.54) is 23.7 Å². The van der Waals surface area contributed by atoms with Crippen molar-refractivity contribution in [1.29, 1.82) is 0 Å². The lowest BCUT2D eigenvalue weighted by Crippen LogP contribution is -2.46. The number of piperidine rings is 1. The first kappa shape index (κ1) is 19.7. The van der Waals surface area contributed by atoms with Crippen molar-refractivity contribution in [3.63, 3.8) is 0 Å². The summed E-state index contributed by atoms with van der Waals surface area (Å²) in [4.78, 5) is 19.4. The Bertz CT molecular complexity index is 762. The van der Waals surface area contributed by atoms with Gasteiger partial charge in [0.1, 0.15) is 11.6 Å². The maximum absolute atomic E-state index is 13.0. The second kappa shape index (κ2) is 8.78. The molecule has 1 aromatic heterocycles. The number of nitrogens with one attached hydrogen (secondary N) is 1. The van der Waals surface area contributed by atoms with E-state index in [-0.39, 0.29) is 23.7 Å². The van der Waals surface area contributed by atoms with E-state index >= 15 is 0 Å². The molecule has 1 fully saturated rings. The van der Waals surface area contributed by atoms with E-state index in [1.807, 2.05) is 0 Å². The SMILES string of the molecule is CC(C)C(C)NC(=O)C1CCCN(c2nc(Cc3ccc(F)cc3)ns2)C1. The predicted octanol–water partition coefficient (Wildman–Crippen LogP) is 3.65. The molecule has 1 saturated heterocycles. The Hall–Kier alpha value is -2.02. The first-order chi connectivity index (χ1) is 12.9. The molecule has 27 heavy (non-hydrogen) atoms. The van der Waals surface area contributed by atoms with Gasteiger partial charge in [0, 0.05) is 37.1 Å². The lowest BCUT2D eigenvalue weighted by molar-refractivity contribution is -0.126. The van der Waals surface area contributed by atoms with Crippen LogP contribution in [0.5, 0.6) is 0 Å². The Balaban J connectivity index is 1.60. The zero-order chi connectivity index (χ0) is 19.4. The summed E-state index contributed by atoms with van der Waals surface area (Å²) in [6, 6.07) is 6.60. The fraction of sp³-hybridized carbons (Fsp3) is 0.550. The van der Waals surface area contributed by atoms with Crippen LogP contribution in [0.4, 0.5) is 9.52 Å². The van der Waals surface area contributed by atoms with Crippen LogP contribution >= 0.6 is 11.5 Å². The van der Waals surface area contributed by atoms with E-state index in [0.717, 1.165) is 35.9 Å². The van der Waals surface area contributed by atoms with Crippen LogP contribution in [-0.2, 0) is 11.2 Å². The van der Waals surface area contributed by atoms with Gasteiger partial charge in [-0.15, -0.1) is 0 Å². The van der Waals surface area contributed by atoms with Crippen LogP contribution in [0.3, 0.4) is 0 Å². The van der Waals surface area contributed by atoms with Crippen molar-refractivity contribution in [2.24, 2.45) is 11.8 Å². The van der Waals surface area contributed by atoms with E-state index in [9.17, 15) is 9.18 Å². The molecule has 1 aliphatic rings. The Morgan fingerprint density at radius 1 is 1.33 bits per heavy atom. The molecule has 1 aliphatic heterocycles. The molecular formula is C20H27FN4OS. The zero-order valence-corrected chi connectivity index (χ0v) is 16.9. The van der Waals surface area contributed by atoms with Crippen molar-refractivity contribution in [2.45, 2.75) is 46.1 Å². The fourth-order valence-electron chi connectivity index (χ4n) is 3.10. The highest BCUT2D eigenvalue weighted by Gasteiger charge is 2.28. The molecule has 7 heteroatoms. The molecule has 0 radical (unpaired) electrons. The highest BCUT2D eigenvalue weighted by atomic mass is 32.1. The van der Waals surface area contributed by atoms with Crippen LogP contribution < -0.4 is 10.2 Å². The maximum Gasteiger partial charge on any atom is 0.225 e. The molecule has 0 aliphatic carbocycles. The van der Waals surface area contributed by atoms with Gasteiger partial charge in [-0.25, -0.2) is 9.37 Å². The Morgan fingerprint density at radius 3 is 2.78 bits per heavy atom. The Kier molecular flexibility index (Phi) is 6.42. The number of halogens is 1. The third-order valence-corrected chi connectivity index (χ3v) is 5.98. The molecule has 1 N–H and O–H groups in total. The molecule has 3 rings (SSSR count). The molecule has 1 aromatic carbocycles. The number of benzene rings is 1. The molecule has 146 valence electrons. The summed E-state index contributed by atoms with van der Waals surface area (Å²) < 4.78 is 17.5. The van der Waals surface area contributed by atoms with Crippen molar-refractivity contribution >= 4 is 22.6 Å². The summed E-state index contributed by atoms with van der Waals surface area (Å²) in [5.41, 5.74) is 0.985. The van der Waals surface area contributed by atoms with Gasteiger partial charge in [-0.2, -0.15) is 4.37 Å². The summed E-state index contributed by atoms with van der Waals surface area (Å²) in [7, 11) is 0. The smallest absolute Gasteiger partial charge is 0.225 e. The van der Waals surface area contributed by atoms with E-state index < -0.39 is 0 Å². The minimum Gasteiger partial charge on any atom is -0.353 e. The van der Waals surface area contributed by atoms with Crippen molar-refractivity contribution in [3.05, 3.63) is 41.5 Å². The number of aromatic nitrogens is 2. The maximum atomic E-state index is 13.0. The normalized spacial score (nSPS) is 18.6. The summed E-state index contributed by atoms with van der Waals surface area (Å²) in [6.07, 6.45) is 2.47. The molecule has 0 saturated carbocycles. The molecule has 2 aromatic rings. The van der Waals surface area contributed by atoms with Gasteiger partial charge < -0.3 is 10.2 Å². The standard InChI is InChI=1S/C20H27FN4OS/c1-13(2)14(3)22-19(26)16-5-4-10-25(12-16)20-23-18(24-27-20)11-15-6-8-17(21)9-7-15/h6-9,13-14,16H,4-5,10-12H2,1-3H3,(H,22,26). The molecule has 2 unspecified atom stereocenters. The van der Waals surface area contributed by atoms with Crippen molar-refractivity contribution in [1.82, 2.24) is 14.7 Å². The lowest BCUT2D eigenvalue weighted by atomic mass is 9.96. The van der Waals surface area contributed by atoms with Gasteiger partial charge in [0.05, 0.1) is 5.92 Å². The first-order valence-electron chi connectivity index (χ1n) is 9.54. The van der Waals surface area contributed by atoms with Crippen LogP contribution in [0.15, 0.2) is 24.3 Å². The first-order valence-corrected chi connectivity index (χ1v) is 10.3. The Morgan fingerprint density at radius 2 is 2.07 bits per heavy atom. The number of anilines is 1. The van der Waals surface area contributed by atoms with Gasteiger partial charge >= 0.3 is 0 Å². The number of rotatable bonds is 6. The highest BCUT2D eigenvalue weighted by Crippen LogP contribution is 2.25. The average Bonchev–Trinajstić information content (AvgIpc) is 3.12. The summed E-state index contributed by atoms with van der Waals surface area (Å²) >= 11 is 1.37. The molecule has 5 nitrogen and oxygen atoms in total. The Labute approximate surface area is 164 Å². The van der Waals surface area contributed by atoms with Crippen LogP contribution in [-0.4, -0.2) is 34.4 Å². The molecule has 2 heterocycles. The van der Waals surface area contributed by atoms with Gasteiger partial charge in [-0.3, -0.25) is 4.79 Å². The van der Waals surface area contributed by atoms with Crippen LogP contribution in [0.25, 0.3) is 0 Å². The monoisotopic (exact) mass is 390 g/mol. The summed E-state index contributed by atoms with van der Waals surface area (Å²) in [6.45, 7) is 7.86. The zero-order valence-electron chi connectivity index (χ0n) is 16.1. The average molecular weight is 391 g/mol. The quantitative estimate of drug-likeness (QED) is 0.818. The third kappa shape index (κ3) is 5.25. The summed E-state index contributed by atoms with van der Waals surface area (Å²) in [5, 5.41) is 4.00. The molecule has 2 atom stereocenters. The largest absolute Gasteiger partial charge is 0.353 e. The van der Waals surface area contributed by atoms with E-state index in [4.69, 9.17) is 0 Å². The minimum absolute atomic E-state index is 0.00982. The van der Waals surface area contributed by atoms with Crippen LogP contribution in [0.2, 0.25) is 0 Å². The van der Waals surface area contributed by atoms with Gasteiger partial charge in [-0.05, 0) is 43.4 Å². The molecule has 0 bridgehead atoms.